The van der Waals surface area contributed by atoms with E-state index >= 15 is 8.63 Å². The minimum absolute atomic E-state index is 0.627. The van der Waals surface area contributed by atoms with E-state index in [2.05, 4.69) is 67.8 Å². The van der Waals surface area contributed by atoms with E-state index in [0.29, 0.717) is 22.8 Å². The van der Waals surface area contributed by atoms with Gasteiger partial charge in [-0.15, -0.1) is 0 Å². The van der Waals surface area contributed by atoms with Gasteiger partial charge in [0.15, 0.2) is 5.70 Å². The van der Waals surface area contributed by atoms with Crippen LogP contribution in [0.4, 0.5) is 8.63 Å². The highest BCUT2D eigenvalue weighted by atomic mass is 127. The van der Waals surface area contributed by atoms with Gasteiger partial charge in [-0.1, -0.05) is 12.1 Å². The Morgan fingerprint density at radius 2 is 1.56 bits per heavy atom. The van der Waals surface area contributed by atoms with Crippen LogP contribution in [0.25, 0.3) is 5.57 Å². The second-order valence-electron chi connectivity index (χ2n) is 6.96. The van der Waals surface area contributed by atoms with Crippen LogP contribution in [0.2, 0.25) is 0 Å². The highest BCUT2D eigenvalue weighted by molar-refractivity contribution is 14.1. The standard InChI is InChI=1S/C19H16BF2I3N2/c1-9-16(24)11(3)26-18(9)15(13-5-7-14(23)8-6-13)19-10(2)17(25)12(4)27(19)20(26,21)22/h5-8H,1-4H3. The molecule has 140 valence electrons. The molecule has 0 radical (unpaired) electrons. The number of rotatable bonds is 1. The Kier molecular flexibility index (Phi) is 4.94. The molecular formula is C19H16BF2I3N2. The average Bonchev–Trinajstić information content (AvgIpc) is 2.98. The van der Waals surface area contributed by atoms with Crippen LogP contribution >= 0.6 is 67.8 Å². The van der Waals surface area contributed by atoms with Crippen LogP contribution in [0.5, 0.6) is 0 Å². The molecule has 0 spiro atoms. The molecule has 0 saturated heterocycles. The third-order valence-corrected chi connectivity index (χ3v) is 9.33. The lowest BCUT2D eigenvalue weighted by molar-refractivity contribution is -0.363. The SMILES string of the molecule is CC1=C(I)C(C)=[N+]2C1=C(c1ccc(I)cc1)c1c(C)c(I)c(C)n1[B-]2(F)F. The summed E-state index contributed by atoms with van der Waals surface area (Å²) < 4.78 is 37.1. The largest absolute Gasteiger partial charge is 0.737 e. The quantitative estimate of drug-likeness (QED) is 0.237. The molecule has 0 fully saturated rings. The zero-order valence-corrected chi connectivity index (χ0v) is 21.6. The van der Waals surface area contributed by atoms with Crippen LogP contribution in [0.3, 0.4) is 0 Å². The van der Waals surface area contributed by atoms with Crippen molar-refractivity contribution in [2.24, 2.45) is 0 Å². The Morgan fingerprint density at radius 1 is 0.963 bits per heavy atom. The molecule has 0 bridgehead atoms. The summed E-state index contributed by atoms with van der Waals surface area (Å²) in [5.74, 6) is 0. The zero-order chi connectivity index (χ0) is 19.8. The second-order valence-corrected chi connectivity index (χ2v) is 10.4. The first kappa shape index (κ1) is 20.1. The summed E-state index contributed by atoms with van der Waals surface area (Å²) in [5, 5.41) is 0. The average molecular weight is 702 g/mol. The summed E-state index contributed by atoms with van der Waals surface area (Å²) in [6.45, 7) is 3.54. The fourth-order valence-corrected chi connectivity index (χ4v) is 5.56. The van der Waals surface area contributed by atoms with Crippen molar-refractivity contribution < 1.29 is 13.1 Å². The Bertz CT molecular complexity index is 1110. The molecular weight excluding hydrogens is 686 g/mol. The normalized spacial score (nSPS) is 18.4. The van der Waals surface area contributed by atoms with Gasteiger partial charge in [0.2, 0.25) is 0 Å². The van der Waals surface area contributed by atoms with E-state index in [0.717, 1.165) is 33.0 Å². The number of halogens is 5. The zero-order valence-electron chi connectivity index (χ0n) is 15.2. The lowest BCUT2D eigenvalue weighted by atomic mass is 9.84. The molecule has 1 aromatic carbocycles. The highest BCUT2D eigenvalue weighted by Crippen LogP contribution is 2.47. The molecule has 1 aromatic heterocycles. The highest BCUT2D eigenvalue weighted by Gasteiger charge is 2.56. The van der Waals surface area contributed by atoms with E-state index in [-0.39, 0.29) is 0 Å². The van der Waals surface area contributed by atoms with Crippen molar-refractivity contribution >= 4 is 86.0 Å². The van der Waals surface area contributed by atoms with E-state index in [4.69, 9.17) is 0 Å². The smallest absolute Gasteiger partial charge is 0.392 e. The lowest BCUT2D eigenvalue weighted by Crippen LogP contribution is -2.51. The Hall–Kier alpha value is -0.235. The van der Waals surface area contributed by atoms with Crippen LogP contribution in [0.15, 0.2) is 39.1 Å². The summed E-state index contributed by atoms with van der Waals surface area (Å²) in [6.07, 6.45) is 0. The molecule has 0 aliphatic carbocycles. The Morgan fingerprint density at radius 3 is 2.15 bits per heavy atom. The number of hydrogen-bond donors (Lipinski definition) is 0. The first-order valence-electron chi connectivity index (χ1n) is 8.49. The molecule has 0 N–H and O–H groups in total. The molecule has 0 saturated carbocycles. The van der Waals surface area contributed by atoms with Crippen molar-refractivity contribution in [2.75, 3.05) is 0 Å². The number of aromatic nitrogens is 1. The number of nitrogens with zero attached hydrogens (tertiary/aromatic N) is 2. The van der Waals surface area contributed by atoms with Gasteiger partial charge in [0.1, 0.15) is 5.71 Å². The van der Waals surface area contributed by atoms with Crippen molar-refractivity contribution in [2.45, 2.75) is 27.7 Å². The van der Waals surface area contributed by atoms with Gasteiger partial charge in [0.25, 0.3) is 0 Å². The fraction of sp³-hybridized carbons (Fsp3) is 0.211. The maximum Gasteiger partial charge on any atom is 0.737 e. The molecule has 4 rings (SSSR count). The molecule has 3 heterocycles. The minimum Gasteiger partial charge on any atom is -0.392 e. The summed E-state index contributed by atoms with van der Waals surface area (Å²) in [5.41, 5.74) is 6.25. The number of fused-ring (bicyclic) bond motifs is 2. The number of benzene rings is 1. The maximum atomic E-state index is 15.8. The van der Waals surface area contributed by atoms with Gasteiger partial charge in [-0.2, -0.15) is 0 Å². The van der Waals surface area contributed by atoms with E-state index in [9.17, 15) is 0 Å². The van der Waals surface area contributed by atoms with Gasteiger partial charge in [-0.3, -0.25) is 0 Å². The summed E-state index contributed by atoms with van der Waals surface area (Å²) in [4.78, 5) is 0. The summed E-state index contributed by atoms with van der Waals surface area (Å²) >= 11 is 6.65. The molecule has 2 aromatic rings. The van der Waals surface area contributed by atoms with Gasteiger partial charge >= 0.3 is 6.97 Å². The maximum absolute atomic E-state index is 15.8. The molecule has 8 heteroatoms. The monoisotopic (exact) mass is 702 g/mol. The van der Waals surface area contributed by atoms with Gasteiger partial charge in [0, 0.05) is 25.3 Å². The van der Waals surface area contributed by atoms with Crippen molar-refractivity contribution in [3.05, 3.63) is 68.8 Å². The molecule has 2 aliphatic heterocycles. The van der Waals surface area contributed by atoms with E-state index < -0.39 is 6.97 Å². The van der Waals surface area contributed by atoms with Crippen molar-refractivity contribution in [3.63, 3.8) is 0 Å². The topological polar surface area (TPSA) is 7.94 Å². The Balaban J connectivity index is 2.22. The van der Waals surface area contributed by atoms with Crippen molar-refractivity contribution in [1.29, 1.82) is 0 Å². The summed E-state index contributed by atoms with van der Waals surface area (Å²) in [6, 6.07) is 8.13. The fourth-order valence-electron chi connectivity index (χ4n) is 4.17. The first-order valence-corrected chi connectivity index (χ1v) is 11.7. The lowest BCUT2D eigenvalue weighted by Gasteiger charge is -2.33. The van der Waals surface area contributed by atoms with E-state index in [1.807, 2.05) is 38.1 Å². The van der Waals surface area contributed by atoms with Crippen molar-refractivity contribution in [3.8, 4) is 0 Å². The first-order chi connectivity index (χ1) is 12.6. The van der Waals surface area contributed by atoms with E-state index in [1.165, 1.54) is 8.96 Å². The van der Waals surface area contributed by atoms with E-state index in [1.54, 1.807) is 13.8 Å². The molecule has 0 amide bonds. The van der Waals surface area contributed by atoms with Crippen LogP contribution in [0, 0.1) is 21.0 Å². The molecule has 0 unspecified atom stereocenters. The van der Waals surface area contributed by atoms with Crippen molar-refractivity contribution in [1.82, 2.24) is 4.48 Å². The number of allylic oxidation sites excluding steroid dienone is 2. The van der Waals surface area contributed by atoms with Crippen LogP contribution in [-0.2, 0) is 0 Å². The van der Waals surface area contributed by atoms with Gasteiger partial charge < -0.3 is 17.6 Å². The van der Waals surface area contributed by atoms with Gasteiger partial charge in [-0.05, 0) is 117 Å². The third kappa shape index (κ3) is 2.67. The predicted octanol–water partition coefficient (Wildman–Crippen LogP) is 6.51. The van der Waals surface area contributed by atoms with Gasteiger partial charge in [0.05, 0.1) is 9.15 Å². The molecule has 0 atom stereocenters. The predicted molar refractivity (Wildman–Crippen MR) is 133 cm³/mol. The third-order valence-electron chi connectivity index (χ3n) is 5.44. The second kappa shape index (κ2) is 6.64. The van der Waals surface area contributed by atoms with Crippen LogP contribution in [0.1, 0.15) is 36.4 Å². The minimum atomic E-state index is -3.95. The number of hydrogen-bond acceptors (Lipinski definition) is 0. The van der Waals surface area contributed by atoms with Crippen LogP contribution < -0.4 is 0 Å². The Labute approximate surface area is 198 Å². The molecule has 2 aliphatic rings. The molecule has 2 nitrogen and oxygen atoms in total. The summed E-state index contributed by atoms with van der Waals surface area (Å²) in [7, 11) is 0. The van der Waals surface area contributed by atoms with Crippen LogP contribution in [-0.4, -0.2) is 21.6 Å². The molecule has 27 heavy (non-hydrogen) atoms. The van der Waals surface area contributed by atoms with Gasteiger partial charge in [-0.25, -0.2) is 0 Å².